The van der Waals surface area contributed by atoms with Gasteiger partial charge in [0.25, 0.3) is 0 Å². The van der Waals surface area contributed by atoms with Crippen molar-refractivity contribution in [1.29, 1.82) is 0 Å². The molecule has 3 aliphatic heterocycles. The highest BCUT2D eigenvalue weighted by atomic mass is 16.5. The zero-order valence-corrected chi connectivity index (χ0v) is 20.1. The minimum atomic E-state index is -0.613. The van der Waals surface area contributed by atoms with E-state index in [1.807, 2.05) is 32.3 Å². The van der Waals surface area contributed by atoms with E-state index < -0.39 is 24.0 Å². The molecule has 0 aromatic heterocycles. The summed E-state index contributed by atoms with van der Waals surface area (Å²) in [6, 6.07) is 5.75. The van der Waals surface area contributed by atoms with Gasteiger partial charge in [-0.05, 0) is 70.4 Å². The Kier molecular flexibility index (Phi) is 7.73. The SMILES string of the molecule is CN(C)CCCCNC(=O)[C@H]1C[C@H]2C(=O)N3CCC[C@H]3C(=O)N2[C@H]1c1cccc(OCCO)c1. The standard InChI is InChI=1S/C25H36N4O5/c1-27(2)11-4-3-10-26-23(31)19-16-21-24(32)28-12-6-9-20(28)25(33)29(21)22(19)17-7-5-8-18(15-17)34-14-13-30/h5,7-8,15,19-22,30H,3-4,6,9-14,16H2,1-2H3,(H,26,31)/t19-,20-,21-,22-/m0/s1. The van der Waals surface area contributed by atoms with Crippen molar-refractivity contribution >= 4 is 17.7 Å². The second-order valence-corrected chi connectivity index (χ2v) is 9.68. The number of carbonyl (C=O) groups is 3. The number of nitrogens with one attached hydrogen (secondary N) is 1. The third kappa shape index (κ3) is 4.90. The average Bonchev–Trinajstić information content (AvgIpc) is 3.47. The first kappa shape index (κ1) is 24.5. The normalized spacial score (nSPS) is 26.1. The molecule has 1 aromatic rings. The number of aliphatic hydroxyl groups is 1. The molecule has 9 heteroatoms. The number of aliphatic hydroxyl groups excluding tert-OH is 1. The molecule has 186 valence electrons. The van der Waals surface area contributed by atoms with Gasteiger partial charge in [-0.15, -0.1) is 0 Å². The third-order valence-corrected chi connectivity index (χ3v) is 7.08. The van der Waals surface area contributed by atoms with Crippen molar-refractivity contribution in [3.05, 3.63) is 29.8 Å². The molecular formula is C25H36N4O5. The Hall–Kier alpha value is -2.65. The maximum atomic E-state index is 13.5. The van der Waals surface area contributed by atoms with E-state index in [1.165, 1.54) is 0 Å². The summed E-state index contributed by atoms with van der Waals surface area (Å²) in [5.74, 6) is -0.168. The van der Waals surface area contributed by atoms with Crippen molar-refractivity contribution in [2.24, 2.45) is 5.92 Å². The van der Waals surface area contributed by atoms with Crippen LogP contribution in [0, 0.1) is 5.92 Å². The zero-order valence-electron chi connectivity index (χ0n) is 20.1. The van der Waals surface area contributed by atoms with Gasteiger partial charge in [-0.25, -0.2) is 0 Å². The number of benzene rings is 1. The Morgan fingerprint density at radius 1 is 1.21 bits per heavy atom. The molecule has 3 fully saturated rings. The van der Waals surface area contributed by atoms with E-state index in [0.29, 0.717) is 31.7 Å². The molecule has 4 rings (SSSR count). The first-order valence-corrected chi connectivity index (χ1v) is 12.3. The van der Waals surface area contributed by atoms with E-state index in [9.17, 15) is 14.4 Å². The van der Waals surface area contributed by atoms with Crippen LogP contribution in [0.5, 0.6) is 5.75 Å². The molecule has 3 heterocycles. The molecule has 4 atom stereocenters. The van der Waals surface area contributed by atoms with E-state index in [2.05, 4.69) is 10.2 Å². The van der Waals surface area contributed by atoms with Gasteiger partial charge in [0.2, 0.25) is 17.7 Å². The molecule has 0 radical (unpaired) electrons. The van der Waals surface area contributed by atoms with Crippen LogP contribution < -0.4 is 10.1 Å². The molecule has 34 heavy (non-hydrogen) atoms. The lowest BCUT2D eigenvalue weighted by molar-refractivity contribution is -0.159. The highest BCUT2D eigenvalue weighted by Crippen LogP contribution is 2.46. The number of fused-ring (bicyclic) bond motifs is 2. The first-order chi connectivity index (χ1) is 16.4. The van der Waals surface area contributed by atoms with E-state index in [1.54, 1.807) is 15.9 Å². The molecular weight excluding hydrogens is 436 g/mol. The van der Waals surface area contributed by atoms with Gasteiger partial charge in [0.15, 0.2) is 0 Å². The summed E-state index contributed by atoms with van der Waals surface area (Å²) in [5.41, 5.74) is 0.776. The molecule has 0 bridgehead atoms. The first-order valence-electron chi connectivity index (χ1n) is 12.3. The Bertz CT molecular complexity index is 907. The van der Waals surface area contributed by atoms with Crippen LogP contribution in [0.15, 0.2) is 24.3 Å². The van der Waals surface area contributed by atoms with Gasteiger partial charge in [-0.2, -0.15) is 0 Å². The van der Waals surface area contributed by atoms with Gasteiger partial charge in [-0.3, -0.25) is 14.4 Å². The largest absolute Gasteiger partial charge is 0.491 e. The number of carbonyl (C=O) groups excluding carboxylic acids is 3. The van der Waals surface area contributed by atoms with Gasteiger partial charge in [0.05, 0.1) is 18.6 Å². The summed E-state index contributed by atoms with van der Waals surface area (Å²) in [6.45, 7) is 2.18. The van der Waals surface area contributed by atoms with Crippen LogP contribution in [-0.2, 0) is 14.4 Å². The van der Waals surface area contributed by atoms with Gasteiger partial charge in [-0.1, -0.05) is 12.1 Å². The lowest BCUT2D eigenvalue weighted by Crippen LogP contribution is -2.60. The van der Waals surface area contributed by atoms with Crippen LogP contribution in [0.3, 0.4) is 0 Å². The summed E-state index contributed by atoms with van der Waals surface area (Å²) in [4.78, 5) is 45.7. The minimum absolute atomic E-state index is 0.0407. The van der Waals surface area contributed by atoms with Crippen LogP contribution in [0.1, 0.15) is 43.7 Å². The van der Waals surface area contributed by atoms with Crippen LogP contribution in [-0.4, -0.2) is 96.6 Å². The number of rotatable bonds is 10. The third-order valence-electron chi connectivity index (χ3n) is 7.08. The van der Waals surface area contributed by atoms with Gasteiger partial charge in [0, 0.05) is 13.1 Å². The van der Waals surface area contributed by atoms with Crippen LogP contribution in [0.4, 0.5) is 0 Å². The second kappa shape index (κ2) is 10.7. The Balaban J connectivity index is 1.58. The molecule has 3 aliphatic rings. The number of nitrogens with zero attached hydrogens (tertiary/aromatic N) is 3. The quantitative estimate of drug-likeness (QED) is 0.488. The van der Waals surface area contributed by atoms with Gasteiger partial charge >= 0.3 is 0 Å². The van der Waals surface area contributed by atoms with Crippen LogP contribution in [0.25, 0.3) is 0 Å². The molecule has 3 saturated heterocycles. The predicted octanol–water partition coefficient (Wildman–Crippen LogP) is 0.779. The number of amides is 3. The number of ether oxygens (including phenoxy) is 1. The minimum Gasteiger partial charge on any atom is -0.491 e. The Morgan fingerprint density at radius 3 is 2.79 bits per heavy atom. The van der Waals surface area contributed by atoms with Crippen LogP contribution >= 0.6 is 0 Å². The van der Waals surface area contributed by atoms with E-state index in [4.69, 9.17) is 9.84 Å². The number of unbranched alkanes of at least 4 members (excludes halogenated alkanes) is 1. The zero-order chi connectivity index (χ0) is 24.2. The van der Waals surface area contributed by atoms with Crippen molar-refractivity contribution in [3.8, 4) is 5.75 Å². The van der Waals surface area contributed by atoms with Gasteiger partial charge in [0.1, 0.15) is 24.4 Å². The average molecular weight is 473 g/mol. The van der Waals surface area contributed by atoms with Crippen molar-refractivity contribution in [2.45, 2.75) is 50.2 Å². The Morgan fingerprint density at radius 2 is 2.03 bits per heavy atom. The van der Waals surface area contributed by atoms with Crippen molar-refractivity contribution in [1.82, 2.24) is 20.0 Å². The second-order valence-electron chi connectivity index (χ2n) is 9.68. The maximum Gasteiger partial charge on any atom is 0.246 e. The lowest BCUT2D eigenvalue weighted by Gasteiger charge is -2.41. The topological polar surface area (TPSA) is 102 Å². The molecule has 3 amide bonds. The molecule has 0 spiro atoms. The Labute approximate surface area is 201 Å². The molecule has 1 aromatic carbocycles. The maximum absolute atomic E-state index is 13.5. The predicted molar refractivity (Wildman–Crippen MR) is 126 cm³/mol. The number of hydrogen-bond acceptors (Lipinski definition) is 6. The van der Waals surface area contributed by atoms with E-state index >= 15 is 0 Å². The fraction of sp³-hybridized carbons (Fsp3) is 0.640. The van der Waals surface area contributed by atoms with E-state index in [-0.39, 0.29) is 30.9 Å². The fourth-order valence-electron chi connectivity index (χ4n) is 5.52. The van der Waals surface area contributed by atoms with Gasteiger partial charge < -0.3 is 29.9 Å². The highest BCUT2D eigenvalue weighted by Gasteiger charge is 2.57. The summed E-state index contributed by atoms with van der Waals surface area (Å²) in [6.07, 6.45) is 3.67. The summed E-state index contributed by atoms with van der Waals surface area (Å²) in [7, 11) is 4.05. The summed E-state index contributed by atoms with van der Waals surface area (Å²) in [5, 5.41) is 12.2. The molecule has 0 unspecified atom stereocenters. The van der Waals surface area contributed by atoms with Crippen LogP contribution in [0.2, 0.25) is 0 Å². The van der Waals surface area contributed by atoms with Crippen molar-refractivity contribution < 1.29 is 24.2 Å². The molecule has 2 N–H and O–H groups in total. The molecule has 0 saturated carbocycles. The van der Waals surface area contributed by atoms with Crippen molar-refractivity contribution in [3.63, 3.8) is 0 Å². The summed E-state index contributed by atoms with van der Waals surface area (Å²) < 4.78 is 5.58. The lowest BCUT2D eigenvalue weighted by atomic mass is 9.92. The van der Waals surface area contributed by atoms with E-state index in [0.717, 1.165) is 31.4 Å². The molecule has 9 nitrogen and oxygen atoms in total. The fourth-order valence-corrected chi connectivity index (χ4v) is 5.52. The number of hydrogen-bond donors (Lipinski definition) is 2. The highest BCUT2D eigenvalue weighted by molar-refractivity contribution is 5.99. The van der Waals surface area contributed by atoms with Crippen molar-refractivity contribution in [2.75, 3.05) is 46.9 Å². The smallest absolute Gasteiger partial charge is 0.246 e. The molecule has 0 aliphatic carbocycles. The monoisotopic (exact) mass is 472 g/mol. The summed E-state index contributed by atoms with van der Waals surface area (Å²) >= 11 is 0. The number of piperazine rings is 1.